The molecule has 0 radical (unpaired) electrons. The molecule has 3 rings (SSSR count). The molecule has 8 nitrogen and oxygen atoms in total. The maximum absolute atomic E-state index is 12.4. The number of pyridine rings is 1. The minimum absolute atomic E-state index is 0.0868. The highest BCUT2D eigenvalue weighted by molar-refractivity contribution is 6.00. The van der Waals surface area contributed by atoms with Crippen LogP contribution in [0, 0.1) is 5.92 Å². The molecule has 2 aromatic rings. The number of rotatable bonds is 7. The Labute approximate surface area is 162 Å². The van der Waals surface area contributed by atoms with Crippen molar-refractivity contribution < 1.29 is 19.1 Å². The Morgan fingerprint density at radius 3 is 2.46 bits per heavy atom. The summed E-state index contributed by atoms with van der Waals surface area (Å²) in [5.41, 5.74) is 1.25. The van der Waals surface area contributed by atoms with Gasteiger partial charge >= 0.3 is 0 Å². The third kappa shape index (κ3) is 4.64. The maximum Gasteiger partial charge on any atom is 0.251 e. The molecule has 1 aromatic carbocycles. The average Bonchev–Trinajstić information content (AvgIpc) is 3.13. The van der Waals surface area contributed by atoms with E-state index in [0.717, 1.165) is 5.69 Å². The van der Waals surface area contributed by atoms with Crippen molar-refractivity contribution in [2.75, 3.05) is 31.6 Å². The SMILES string of the molecule is COc1ccc(N2C[C@H](C(=O)NCCNC(=O)c3ccncc3)CC2=O)cc1. The Hall–Kier alpha value is -3.42. The fourth-order valence-corrected chi connectivity index (χ4v) is 3.01. The van der Waals surface area contributed by atoms with Gasteiger partial charge in [-0.25, -0.2) is 0 Å². The molecule has 1 atom stereocenters. The standard InChI is InChI=1S/C20H22N4O4/c1-28-17-4-2-16(3-5-17)24-13-15(12-18(24)25)20(27)23-11-10-22-19(26)14-6-8-21-9-7-14/h2-9,15H,10-13H2,1H3,(H,22,26)(H,23,27)/t15-/m1/s1. The van der Waals surface area contributed by atoms with Gasteiger partial charge in [-0.1, -0.05) is 0 Å². The molecule has 0 bridgehead atoms. The minimum atomic E-state index is -0.412. The van der Waals surface area contributed by atoms with Gasteiger partial charge in [-0.05, 0) is 36.4 Å². The summed E-state index contributed by atoms with van der Waals surface area (Å²) < 4.78 is 5.12. The van der Waals surface area contributed by atoms with E-state index in [9.17, 15) is 14.4 Å². The van der Waals surface area contributed by atoms with E-state index in [1.807, 2.05) is 0 Å². The highest BCUT2D eigenvalue weighted by Gasteiger charge is 2.34. The van der Waals surface area contributed by atoms with Gasteiger partial charge in [0.25, 0.3) is 5.91 Å². The summed E-state index contributed by atoms with van der Waals surface area (Å²) >= 11 is 0. The molecular formula is C20H22N4O4. The number of amides is 3. The molecule has 1 fully saturated rings. The van der Waals surface area contributed by atoms with Crippen LogP contribution in [0.25, 0.3) is 0 Å². The van der Waals surface area contributed by atoms with Gasteiger partial charge in [0.15, 0.2) is 0 Å². The lowest BCUT2D eigenvalue weighted by atomic mass is 10.1. The number of hydrogen-bond donors (Lipinski definition) is 2. The normalized spacial score (nSPS) is 16.0. The molecule has 0 saturated carbocycles. The summed E-state index contributed by atoms with van der Waals surface area (Å²) in [6, 6.07) is 10.4. The predicted molar refractivity (Wildman–Crippen MR) is 103 cm³/mol. The zero-order valence-corrected chi connectivity index (χ0v) is 15.6. The van der Waals surface area contributed by atoms with Crippen LogP contribution in [0.15, 0.2) is 48.8 Å². The Bertz CT molecular complexity index is 839. The van der Waals surface area contributed by atoms with Gasteiger partial charge in [-0.15, -0.1) is 0 Å². The van der Waals surface area contributed by atoms with Crippen LogP contribution in [0.2, 0.25) is 0 Å². The van der Waals surface area contributed by atoms with Crippen molar-refractivity contribution >= 4 is 23.4 Å². The summed E-state index contributed by atoms with van der Waals surface area (Å²) in [7, 11) is 1.58. The van der Waals surface area contributed by atoms with E-state index in [0.29, 0.717) is 30.9 Å². The molecule has 3 amide bonds. The van der Waals surface area contributed by atoms with Crippen molar-refractivity contribution in [3.05, 3.63) is 54.4 Å². The van der Waals surface area contributed by atoms with E-state index in [4.69, 9.17) is 4.74 Å². The number of carbonyl (C=O) groups excluding carboxylic acids is 3. The van der Waals surface area contributed by atoms with Gasteiger partial charge in [0.1, 0.15) is 5.75 Å². The van der Waals surface area contributed by atoms with Crippen LogP contribution in [0.5, 0.6) is 5.75 Å². The smallest absolute Gasteiger partial charge is 0.251 e. The van der Waals surface area contributed by atoms with Gasteiger partial charge in [0.05, 0.1) is 13.0 Å². The number of benzene rings is 1. The lowest BCUT2D eigenvalue weighted by molar-refractivity contribution is -0.126. The topological polar surface area (TPSA) is 101 Å². The highest BCUT2D eigenvalue weighted by atomic mass is 16.5. The number of nitrogens with zero attached hydrogens (tertiary/aromatic N) is 2. The Morgan fingerprint density at radius 1 is 1.11 bits per heavy atom. The first-order chi connectivity index (χ1) is 13.6. The largest absolute Gasteiger partial charge is 0.497 e. The van der Waals surface area contributed by atoms with Crippen LogP contribution in [-0.2, 0) is 9.59 Å². The molecule has 1 saturated heterocycles. The zero-order valence-electron chi connectivity index (χ0n) is 15.6. The number of ether oxygens (including phenoxy) is 1. The van der Waals surface area contributed by atoms with Crippen LogP contribution < -0.4 is 20.3 Å². The first kappa shape index (κ1) is 19.3. The van der Waals surface area contributed by atoms with Gasteiger partial charge < -0.3 is 20.3 Å². The monoisotopic (exact) mass is 382 g/mol. The van der Waals surface area contributed by atoms with Crippen molar-refractivity contribution in [3.8, 4) is 5.75 Å². The Morgan fingerprint density at radius 2 is 1.79 bits per heavy atom. The Kier molecular flexibility index (Phi) is 6.21. The number of anilines is 1. The number of hydrogen-bond acceptors (Lipinski definition) is 5. The summed E-state index contributed by atoms with van der Waals surface area (Å²) in [6.07, 6.45) is 3.26. The molecule has 2 N–H and O–H groups in total. The molecule has 0 spiro atoms. The van der Waals surface area contributed by atoms with E-state index in [-0.39, 0.29) is 24.1 Å². The first-order valence-electron chi connectivity index (χ1n) is 8.99. The molecule has 146 valence electrons. The van der Waals surface area contributed by atoms with E-state index in [1.165, 1.54) is 0 Å². The minimum Gasteiger partial charge on any atom is -0.497 e. The molecule has 1 aromatic heterocycles. The van der Waals surface area contributed by atoms with E-state index in [2.05, 4.69) is 15.6 Å². The zero-order chi connectivity index (χ0) is 19.9. The van der Waals surface area contributed by atoms with Gasteiger partial charge in [0.2, 0.25) is 11.8 Å². The summed E-state index contributed by atoms with van der Waals surface area (Å²) in [6.45, 7) is 0.930. The van der Waals surface area contributed by atoms with Gasteiger partial charge in [-0.3, -0.25) is 19.4 Å². The van der Waals surface area contributed by atoms with Crippen molar-refractivity contribution in [1.82, 2.24) is 15.6 Å². The third-order valence-electron chi connectivity index (χ3n) is 4.53. The third-order valence-corrected chi connectivity index (χ3v) is 4.53. The van der Waals surface area contributed by atoms with Crippen LogP contribution in [0.3, 0.4) is 0 Å². The number of nitrogens with one attached hydrogen (secondary N) is 2. The quantitative estimate of drug-likeness (QED) is 0.696. The molecule has 1 aliphatic rings. The Balaban J connectivity index is 1.44. The molecular weight excluding hydrogens is 360 g/mol. The molecule has 1 aliphatic heterocycles. The molecule has 0 aliphatic carbocycles. The molecule has 28 heavy (non-hydrogen) atoms. The second kappa shape index (κ2) is 8.98. The van der Waals surface area contributed by atoms with Crippen molar-refractivity contribution in [1.29, 1.82) is 0 Å². The molecule has 8 heteroatoms. The van der Waals surface area contributed by atoms with Gasteiger partial charge in [0, 0.05) is 49.7 Å². The predicted octanol–water partition coefficient (Wildman–Crippen LogP) is 0.989. The summed E-state index contributed by atoms with van der Waals surface area (Å²) in [4.78, 5) is 42.0. The summed E-state index contributed by atoms with van der Waals surface area (Å²) in [5, 5.41) is 5.51. The van der Waals surface area contributed by atoms with Crippen molar-refractivity contribution in [2.24, 2.45) is 5.92 Å². The first-order valence-corrected chi connectivity index (χ1v) is 8.99. The van der Waals surface area contributed by atoms with Crippen LogP contribution in [0.1, 0.15) is 16.8 Å². The molecule has 2 heterocycles. The molecule has 0 unspecified atom stereocenters. The van der Waals surface area contributed by atoms with E-state index < -0.39 is 5.92 Å². The number of carbonyl (C=O) groups is 3. The van der Waals surface area contributed by atoms with Crippen LogP contribution in [0.4, 0.5) is 5.69 Å². The fourth-order valence-electron chi connectivity index (χ4n) is 3.01. The number of methoxy groups -OCH3 is 1. The van der Waals surface area contributed by atoms with Crippen LogP contribution in [-0.4, -0.2) is 49.4 Å². The lowest BCUT2D eigenvalue weighted by Gasteiger charge is -2.17. The van der Waals surface area contributed by atoms with E-state index in [1.54, 1.807) is 60.8 Å². The van der Waals surface area contributed by atoms with Gasteiger partial charge in [-0.2, -0.15) is 0 Å². The highest BCUT2D eigenvalue weighted by Crippen LogP contribution is 2.26. The van der Waals surface area contributed by atoms with Crippen LogP contribution >= 0.6 is 0 Å². The van der Waals surface area contributed by atoms with E-state index >= 15 is 0 Å². The summed E-state index contributed by atoms with van der Waals surface area (Å²) in [5.74, 6) is -0.207. The van der Waals surface area contributed by atoms with Crippen molar-refractivity contribution in [2.45, 2.75) is 6.42 Å². The number of aromatic nitrogens is 1. The lowest BCUT2D eigenvalue weighted by Crippen LogP contribution is -2.38. The van der Waals surface area contributed by atoms with Crippen molar-refractivity contribution in [3.63, 3.8) is 0 Å². The fraction of sp³-hybridized carbons (Fsp3) is 0.300. The maximum atomic E-state index is 12.4. The second-order valence-electron chi connectivity index (χ2n) is 6.39. The average molecular weight is 382 g/mol. The second-order valence-corrected chi connectivity index (χ2v) is 6.39.